The van der Waals surface area contributed by atoms with Gasteiger partial charge in [-0.1, -0.05) is 18.2 Å². The van der Waals surface area contributed by atoms with Crippen molar-refractivity contribution in [2.24, 2.45) is 0 Å². The summed E-state index contributed by atoms with van der Waals surface area (Å²) in [5, 5.41) is 9.73. The van der Waals surface area contributed by atoms with Gasteiger partial charge in [-0.25, -0.2) is 4.98 Å². The number of methoxy groups -OCH3 is 1. The van der Waals surface area contributed by atoms with Crippen LogP contribution in [0, 0.1) is 0 Å². The number of amides is 1. The Morgan fingerprint density at radius 3 is 2.66 bits per heavy atom. The fourth-order valence-electron chi connectivity index (χ4n) is 2.79. The first-order chi connectivity index (χ1) is 15.2. The van der Waals surface area contributed by atoms with Gasteiger partial charge < -0.3 is 25.3 Å². The van der Waals surface area contributed by atoms with E-state index in [4.69, 9.17) is 16.3 Å². The highest BCUT2D eigenvalue weighted by molar-refractivity contribution is 7.70. The second-order valence-corrected chi connectivity index (χ2v) is 10.6. The highest BCUT2D eigenvalue weighted by atomic mass is 35.5. The SMILES string of the molecule is C=CC(=O)Nc1ccc(OC)c(Nc2ncc(Cl)c(Nc3cnccc3P(C)(C)=O)n2)c1. The molecule has 0 fully saturated rings. The van der Waals surface area contributed by atoms with E-state index in [1.165, 1.54) is 19.4 Å². The first-order valence-corrected chi connectivity index (χ1v) is 12.4. The number of hydrogen-bond acceptors (Lipinski definition) is 8. The van der Waals surface area contributed by atoms with Crippen LogP contribution >= 0.6 is 18.7 Å². The summed E-state index contributed by atoms with van der Waals surface area (Å²) in [6.07, 6.45) is 5.76. The fraction of sp³-hybridized carbons (Fsp3) is 0.143. The summed E-state index contributed by atoms with van der Waals surface area (Å²) in [7, 11) is -1.04. The third kappa shape index (κ3) is 5.63. The van der Waals surface area contributed by atoms with Crippen LogP contribution in [0.25, 0.3) is 0 Å². The van der Waals surface area contributed by atoms with Crippen molar-refractivity contribution in [1.29, 1.82) is 0 Å². The van der Waals surface area contributed by atoms with Crippen molar-refractivity contribution in [2.45, 2.75) is 0 Å². The molecule has 1 aromatic carbocycles. The number of carbonyl (C=O) groups is 1. The lowest BCUT2D eigenvalue weighted by atomic mass is 10.2. The van der Waals surface area contributed by atoms with Gasteiger partial charge in [0.15, 0.2) is 5.82 Å². The maximum atomic E-state index is 12.6. The number of aromatic nitrogens is 3. The predicted octanol–water partition coefficient (Wildman–Crippen LogP) is 4.39. The first-order valence-electron chi connectivity index (χ1n) is 9.39. The molecule has 0 radical (unpaired) electrons. The third-order valence-electron chi connectivity index (χ3n) is 4.27. The zero-order valence-electron chi connectivity index (χ0n) is 17.7. The van der Waals surface area contributed by atoms with E-state index in [-0.39, 0.29) is 16.9 Å². The van der Waals surface area contributed by atoms with E-state index in [0.717, 1.165) is 0 Å². The van der Waals surface area contributed by atoms with E-state index >= 15 is 0 Å². The third-order valence-corrected chi connectivity index (χ3v) is 6.10. The maximum absolute atomic E-state index is 12.6. The molecule has 0 spiro atoms. The van der Waals surface area contributed by atoms with Gasteiger partial charge in [0, 0.05) is 17.2 Å². The molecule has 0 bridgehead atoms. The number of benzene rings is 1. The Labute approximate surface area is 190 Å². The van der Waals surface area contributed by atoms with Gasteiger partial charge in [0.1, 0.15) is 17.9 Å². The summed E-state index contributed by atoms with van der Waals surface area (Å²) in [5.74, 6) is 0.708. The highest BCUT2D eigenvalue weighted by Gasteiger charge is 2.18. The molecule has 9 nitrogen and oxygen atoms in total. The minimum absolute atomic E-state index is 0.226. The van der Waals surface area contributed by atoms with Gasteiger partial charge in [0.25, 0.3) is 0 Å². The second kappa shape index (κ2) is 9.80. The number of halogens is 1. The number of rotatable bonds is 8. The lowest BCUT2D eigenvalue weighted by molar-refractivity contribution is -0.111. The highest BCUT2D eigenvalue weighted by Crippen LogP contribution is 2.38. The molecule has 1 amide bonds. The lowest BCUT2D eigenvalue weighted by Crippen LogP contribution is -2.11. The van der Waals surface area contributed by atoms with Gasteiger partial charge >= 0.3 is 0 Å². The summed E-state index contributed by atoms with van der Waals surface area (Å²) in [5.41, 5.74) is 1.60. The summed E-state index contributed by atoms with van der Waals surface area (Å²) in [6, 6.07) is 6.76. The average Bonchev–Trinajstić information content (AvgIpc) is 2.76. The van der Waals surface area contributed by atoms with Crippen molar-refractivity contribution in [3.8, 4) is 5.75 Å². The molecule has 0 saturated heterocycles. The predicted molar refractivity (Wildman–Crippen MR) is 129 cm³/mol. The van der Waals surface area contributed by atoms with Gasteiger partial charge in [-0.05, 0) is 43.7 Å². The van der Waals surface area contributed by atoms with E-state index in [1.807, 2.05) is 0 Å². The molecular weight excluding hydrogens is 451 g/mol. The fourth-order valence-corrected chi connectivity index (χ4v) is 4.05. The van der Waals surface area contributed by atoms with E-state index in [2.05, 4.69) is 37.5 Å². The molecule has 2 aromatic heterocycles. The minimum Gasteiger partial charge on any atom is -0.495 e. The number of pyridine rings is 1. The van der Waals surface area contributed by atoms with Crippen LogP contribution in [0.1, 0.15) is 0 Å². The largest absolute Gasteiger partial charge is 0.495 e. The van der Waals surface area contributed by atoms with Crippen LogP contribution in [0.15, 0.2) is 55.5 Å². The van der Waals surface area contributed by atoms with Gasteiger partial charge in [-0.2, -0.15) is 4.98 Å². The van der Waals surface area contributed by atoms with Crippen molar-refractivity contribution in [1.82, 2.24) is 15.0 Å². The van der Waals surface area contributed by atoms with Gasteiger partial charge in [0.05, 0.1) is 30.9 Å². The van der Waals surface area contributed by atoms with E-state index in [9.17, 15) is 9.36 Å². The van der Waals surface area contributed by atoms with Crippen LogP contribution in [0.4, 0.5) is 28.8 Å². The summed E-state index contributed by atoms with van der Waals surface area (Å²) in [4.78, 5) is 24.3. The van der Waals surface area contributed by atoms with Crippen molar-refractivity contribution < 1.29 is 14.1 Å². The molecule has 3 N–H and O–H groups in total. The number of carbonyl (C=O) groups excluding carboxylic acids is 1. The molecule has 2 heterocycles. The summed E-state index contributed by atoms with van der Waals surface area (Å²) in [6.45, 7) is 6.79. The summed E-state index contributed by atoms with van der Waals surface area (Å²) < 4.78 is 18.0. The average molecular weight is 473 g/mol. The van der Waals surface area contributed by atoms with E-state index in [1.54, 1.807) is 50.0 Å². The van der Waals surface area contributed by atoms with Crippen molar-refractivity contribution in [2.75, 3.05) is 36.4 Å². The Kier molecular flexibility index (Phi) is 7.12. The van der Waals surface area contributed by atoms with E-state index in [0.29, 0.717) is 33.9 Å². The molecule has 0 saturated carbocycles. The van der Waals surface area contributed by atoms with Crippen LogP contribution in [-0.2, 0) is 9.36 Å². The topological polar surface area (TPSA) is 118 Å². The Morgan fingerprint density at radius 2 is 1.97 bits per heavy atom. The number of hydrogen-bond donors (Lipinski definition) is 3. The molecule has 3 aromatic rings. The summed E-state index contributed by atoms with van der Waals surface area (Å²) >= 11 is 6.29. The zero-order chi connectivity index (χ0) is 23.3. The Balaban J connectivity index is 1.92. The van der Waals surface area contributed by atoms with Crippen LogP contribution < -0.4 is 26.0 Å². The Bertz CT molecular complexity index is 1210. The standard InChI is InChI=1S/C21H22ClN6O3P/c1-5-19(29)25-13-6-7-17(31-2)15(10-13)27-21-24-11-14(22)20(28-21)26-16-12-23-9-8-18(16)32(3,4)30/h5-12H,1H2,2-4H3,(H,25,29)(H2,24,26,27,28). The Hall–Kier alpha value is -3.42. The quantitative estimate of drug-likeness (QED) is 0.326. The number of anilines is 5. The monoisotopic (exact) mass is 472 g/mol. The number of ether oxygens (including phenoxy) is 1. The minimum atomic E-state index is -2.57. The smallest absolute Gasteiger partial charge is 0.247 e. The van der Waals surface area contributed by atoms with Crippen molar-refractivity contribution in [3.05, 3.63) is 60.5 Å². The first kappa shape index (κ1) is 23.2. The molecule has 0 atom stereocenters. The Morgan fingerprint density at radius 1 is 1.19 bits per heavy atom. The van der Waals surface area contributed by atoms with Gasteiger partial charge in [-0.15, -0.1) is 0 Å². The van der Waals surface area contributed by atoms with Crippen molar-refractivity contribution in [3.63, 3.8) is 0 Å². The van der Waals surface area contributed by atoms with Gasteiger partial charge in [0.2, 0.25) is 11.9 Å². The van der Waals surface area contributed by atoms with Crippen molar-refractivity contribution >= 4 is 58.8 Å². The molecule has 166 valence electrons. The maximum Gasteiger partial charge on any atom is 0.247 e. The molecule has 11 heteroatoms. The number of nitrogens with one attached hydrogen (secondary N) is 3. The van der Waals surface area contributed by atoms with E-state index < -0.39 is 7.14 Å². The molecule has 3 rings (SSSR count). The molecule has 0 unspecified atom stereocenters. The molecule has 0 aliphatic rings. The number of nitrogens with zero attached hydrogens (tertiary/aromatic N) is 3. The van der Waals surface area contributed by atoms with Crippen LogP contribution in [0.5, 0.6) is 5.75 Å². The molecular formula is C21H22ClN6O3P. The second-order valence-electron chi connectivity index (χ2n) is 6.99. The molecule has 0 aliphatic carbocycles. The molecule has 0 aliphatic heterocycles. The lowest BCUT2D eigenvalue weighted by Gasteiger charge is -2.16. The van der Waals surface area contributed by atoms with Crippen LogP contribution in [0.3, 0.4) is 0 Å². The zero-order valence-corrected chi connectivity index (χ0v) is 19.4. The molecule has 32 heavy (non-hydrogen) atoms. The van der Waals surface area contributed by atoms with Crippen LogP contribution in [-0.4, -0.2) is 41.3 Å². The van der Waals surface area contributed by atoms with Crippen LogP contribution in [0.2, 0.25) is 5.02 Å². The normalized spacial score (nSPS) is 10.9. The van der Waals surface area contributed by atoms with Gasteiger partial charge in [-0.3, -0.25) is 9.78 Å².